The van der Waals surface area contributed by atoms with Crippen LogP contribution in [0.25, 0.3) is 0 Å². The molecule has 0 saturated carbocycles. The Hall–Kier alpha value is -0.120. The van der Waals surface area contributed by atoms with Gasteiger partial charge in [-0.05, 0) is 52.4 Å². The van der Waals surface area contributed by atoms with Gasteiger partial charge in [0.15, 0.2) is 0 Å². The van der Waals surface area contributed by atoms with Crippen LogP contribution < -0.4 is 5.32 Å². The molecule has 0 heterocycles. The summed E-state index contributed by atoms with van der Waals surface area (Å²) in [5, 5.41) is 3.47. The molecule has 0 aliphatic rings. The highest BCUT2D eigenvalue weighted by Gasteiger charge is 2.07. The van der Waals surface area contributed by atoms with Crippen molar-refractivity contribution in [1.29, 1.82) is 0 Å². The minimum Gasteiger partial charge on any atom is -0.383 e. The van der Waals surface area contributed by atoms with Gasteiger partial charge in [0.25, 0.3) is 0 Å². The molecule has 0 aromatic rings. The molecule has 0 saturated heterocycles. The van der Waals surface area contributed by atoms with Crippen LogP contribution in [0.15, 0.2) is 0 Å². The molecule has 0 fully saturated rings. The summed E-state index contributed by atoms with van der Waals surface area (Å²) in [7, 11) is 3.94. The van der Waals surface area contributed by atoms with Gasteiger partial charge in [-0.25, -0.2) is 0 Å². The van der Waals surface area contributed by atoms with E-state index < -0.39 is 0 Å². The fourth-order valence-electron chi connectivity index (χ4n) is 1.59. The van der Waals surface area contributed by atoms with E-state index in [2.05, 4.69) is 38.0 Å². The van der Waals surface area contributed by atoms with E-state index in [0.29, 0.717) is 6.04 Å². The zero-order valence-corrected chi connectivity index (χ0v) is 11.8. The molecule has 0 aliphatic carbocycles. The second-order valence-electron chi connectivity index (χ2n) is 5.09. The van der Waals surface area contributed by atoms with Gasteiger partial charge in [0.1, 0.15) is 0 Å². The standard InChI is InChI=1S/C13H30N2O/c1-12(2)10-14-8-6-7-9-15(4)13(3)11-16-5/h12-14H,6-11H2,1-5H3. The third kappa shape index (κ3) is 9.13. The Balaban J connectivity index is 3.30. The van der Waals surface area contributed by atoms with Gasteiger partial charge >= 0.3 is 0 Å². The lowest BCUT2D eigenvalue weighted by Gasteiger charge is -2.23. The molecular weight excluding hydrogens is 200 g/mol. The first-order valence-electron chi connectivity index (χ1n) is 6.47. The first-order valence-corrected chi connectivity index (χ1v) is 6.47. The molecule has 0 bridgehead atoms. The maximum atomic E-state index is 5.14. The molecule has 3 heteroatoms. The fraction of sp³-hybridized carbons (Fsp3) is 1.00. The minimum absolute atomic E-state index is 0.522. The Morgan fingerprint density at radius 1 is 1.19 bits per heavy atom. The van der Waals surface area contributed by atoms with Gasteiger partial charge in [0, 0.05) is 13.2 Å². The summed E-state index contributed by atoms with van der Waals surface area (Å²) in [6, 6.07) is 0.522. The molecule has 1 N–H and O–H groups in total. The molecule has 0 rings (SSSR count). The summed E-state index contributed by atoms with van der Waals surface area (Å²) in [4.78, 5) is 2.37. The fourth-order valence-corrected chi connectivity index (χ4v) is 1.59. The Labute approximate surface area is 102 Å². The average molecular weight is 230 g/mol. The van der Waals surface area contributed by atoms with Crippen molar-refractivity contribution in [3.63, 3.8) is 0 Å². The molecule has 3 nitrogen and oxygen atoms in total. The summed E-state index contributed by atoms with van der Waals surface area (Å²) in [5.74, 6) is 0.754. The highest BCUT2D eigenvalue weighted by atomic mass is 16.5. The number of hydrogen-bond acceptors (Lipinski definition) is 3. The molecule has 0 spiro atoms. The van der Waals surface area contributed by atoms with Crippen molar-refractivity contribution in [2.75, 3.05) is 40.4 Å². The van der Waals surface area contributed by atoms with Gasteiger partial charge < -0.3 is 15.0 Å². The lowest BCUT2D eigenvalue weighted by molar-refractivity contribution is 0.114. The van der Waals surface area contributed by atoms with E-state index in [1.165, 1.54) is 12.8 Å². The third-order valence-electron chi connectivity index (χ3n) is 2.83. The van der Waals surface area contributed by atoms with Crippen LogP contribution in [0.4, 0.5) is 0 Å². The molecule has 0 aromatic carbocycles. The van der Waals surface area contributed by atoms with Crippen LogP contribution in [-0.4, -0.2) is 51.3 Å². The van der Waals surface area contributed by atoms with Gasteiger partial charge in [0.2, 0.25) is 0 Å². The highest BCUT2D eigenvalue weighted by Crippen LogP contribution is 1.99. The predicted octanol–water partition coefficient (Wildman–Crippen LogP) is 1.98. The van der Waals surface area contributed by atoms with Gasteiger partial charge in [-0.1, -0.05) is 13.8 Å². The Morgan fingerprint density at radius 2 is 1.88 bits per heavy atom. The van der Waals surface area contributed by atoms with Crippen molar-refractivity contribution < 1.29 is 4.74 Å². The lowest BCUT2D eigenvalue weighted by atomic mass is 10.2. The zero-order valence-electron chi connectivity index (χ0n) is 11.8. The van der Waals surface area contributed by atoms with Crippen LogP contribution in [-0.2, 0) is 4.74 Å². The maximum absolute atomic E-state index is 5.14. The SMILES string of the molecule is COCC(C)N(C)CCCCNCC(C)C. The molecule has 16 heavy (non-hydrogen) atoms. The van der Waals surface area contributed by atoms with E-state index in [1.54, 1.807) is 7.11 Å². The number of rotatable bonds is 10. The Kier molecular flexibility index (Phi) is 9.99. The molecule has 0 aliphatic heterocycles. The smallest absolute Gasteiger partial charge is 0.0615 e. The average Bonchev–Trinajstić information content (AvgIpc) is 2.22. The van der Waals surface area contributed by atoms with Crippen LogP contribution in [0.1, 0.15) is 33.6 Å². The normalized spacial score (nSPS) is 13.7. The van der Waals surface area contributed by atoms with E-state index in [0.717, 1.165) is 32.2 Å². The first-order chi connectivity index (χ1) is 7.57. The summed E-state index contributed by atoms with van der Waals surface area (Å²) >= 11 is 0. The van der Waals surface area contributed by atoms with E-state index >= 15 is 0 Å². The van der Waals surface area contributed by atoms with Gasteiger partial charge in [-0.2, -0.15) is 0 Å². The van der Waals surface area contributed by atoms with Gasteiger partial charge in [-0.15, -0.1) is 0 Å². The van der Waals surface area contributed by atoms with Crippen LogP contribution in [0, 0.1) is 5.92 Å². The Bertz CT molecular complexity index is 151. The first kappa shape index (κ1) is 15.9. The number of hydrogen-bond donors (Lipinski definition) is 1. The van der Waals surface area contributed by atoms with Crippen LogP contribution in [0.5, 0.6) is 0 Å². The zero-order chi connectivity index (χ0) is 12.4. The van der Waals surface area contributed by atoms with Crippen molar-refractivity contribution in [3.05, 3.63) is 0 Å². The quantitative estimate of drug-likeness (QED) is 0.581. The molecule has 0 amide bonds. The lowest BCUT2D eigenvalue weighted by Crippen LogP contribution is -2.33. The summed E-state index contributed by atoms with van der Waals surface area (Å²) in [6.45, 7) is 11.0. The summed E-state index contributed by atoms with van der Waals surface area (Å²) in [6.07, 6.45) is 2.52. The molecule has 1 atom stereocenters. The van der Waals surface area contributed by atoms with Crippen molar-refractivity contribution in [1.82, 2.24) is 10.2 Å². The van der Waals surface area contributed by atoms with Crippen molar-refractivity contribution >= 4 is 0 Å². The predicted molar refractivity (Wildman–Crippen MR) is 70.9 cm³/mol. The monoisotopic (exact) mass is 230 g/mol. The summed E-state index contributed by atoms with van der Waals surface area (Å²) in [5.41, 5.74) is 0. The van der Waals surface area contributed by atoms with Crippen molar-refractivity contribution in [3.8, 4) is 0 Å². The molecule has 98 valence electrons. The maximum Gasteiger partial charge on any atom is 0.0615 e. The number of nitrogens with one attached hydrogen (secondary N) is 1. The van der Waals surface area contributed by atoms with Crippen LogP contribution in [0.3, 0.4) is 0 Å². The largest absolute Gasteiger partial charge is 0.383 e. The molecule has 0 aromatic heterocycles. The second kappa shape index (κ2) is 10.1. The van der Waals surface area contributed by atoms with E-state index in [9.17, 15) is 0 Å². The Morgan fingerprint density at radius 3 is 2.44 bits per heavy atom. The van der Waals surface area contributed by atoms with Crippen molar-refractivity contribution in [2.24, 2.45) is 5.92 Å². The van der Waals surface area contributed by atoms with Crippen molar-refractivity contribution in [2.45, 2.75) is 39.7 Å². The number of unbranched alkanes of at least 4 members (excludes halogenated alkanes) is 1. The molecule has 1 unspecified atom stereocenters. The third-order valence-corrected chi connectivity index (χ3v) is 2.83. The van der Waals surface area contributed by atoms with Gasteiger partial charge in [0.05, 0.1) is 6.61 Å². The van der Waals surface area contributed by atoms with E-state index in [-0.39, 0.29) is 0 Å². The number of methoxy groups -OCH3 is 1. The number of likely N-dealkylation sites (N-methyl/N-ethyl adjacent to an activating group) is 1. The van der Waals surface area contributed by atoms with Crippen LogP contribution in [0.2, 0.25) is 0 Å². The topological polar surface area (TPSA) is 24.5 Å². The van der Waals surface area contributed by atoms with Gasteiger partial charge in [-0.3, -0.25) is 0 Å². The van der Waals surface area contributed by atoms with E-state index in [4.69, 9.17) is 4.74 Å². The molecule has 0 radical (unpaired) electrons. The minimum atomic E-state index is 0.522. The van der Waals surface area contributed by atoms with Crippen LogP contribution >= 0.6 is 0 Å². The second-order valence-corrected chi connectivity index (χ2v) is 5.09. The summed E-state index contributed by atoms with van der Waals surface area (Å²) < 4.78 is 5.14. The number of ether oxygens (including phenoxy) is 1. The highest BCUT2D eigenvalue weighted by molar-refractivity contribution is 4.62. The molecular formula is C13H30N2O. The van der Waals surface area contributed by atoms with E-state index in [1.807, 2.05) is 0 Å². The number of nitrogens with zero attached hydrogens (tertiary/aromatic N) is 1.